The Labute approximate surface area is 106 Å². The largest absolute Gasteiger partial charge is 0.338 e. The first-order valence-electron chi connectivity index (χ1n) is 6.62. The molecule has 2 bridgehead atoms. The highest BCUT2D eigenvalue weighted by Crippen LogP contribution is 2.34. The highest BCUT2D eigenvalue weighted by atomic mass is 19.1. The van der Waals surface area contributed by atoms with Crippen LogP contribution in [0, 0.1) is 17.7 Å². The fourth-order valence-corrected chi connectivity index (χ4v) is 3.31. The van der Waals surface area contributed by atoms with Gasteiger partial charge < -0.3 is 4.90 Å². The van der Waals surface area contributed by atoms with E-state index in [9.17, 15) is 9.18 Å². The molecule has 1 aliphatic heterocycles. The molecule has 2 heterocycles. The molecule has 3 rings (SSSR count). The summed E-state index contributed by atoms with van der Waals surface area (Å²) < 4.78 is 13.1. The second-order valence-corrected chi connectivity index (χ2v) is 5.50. The van der Waals surface area contributed by atoms with Crippen LogP contribution in [0.15, 0.2) is 18.5 Å². The summed E-state index contributed by atoms with van der Waals surface area (Å²) in [7, 11) is 0. The van der Waals surface area contributed by atoms with Crippen LogP contribution in [0.25, 0.3) is 0 Å². The quantitative estimate of drug-likeness (QED) is 0.765. The van der Waals surface area contributed by atoms with Gasteiger partial charge in [-0.1, -0.05) is 6.42 Å². The number of aromatic nitrogens is 1. The van der Waals surface area contributed by atoms with E-state index in [0.717, 1.165) is 19.3 Å². The van der Waals surface area contributed by atoms with E-state index in [1.54, 1.807) is 0 Å². The number of rotatable bonds is 1. The fraction of sp³-hybridized carbons (Fsp3) is 0.571. The third-order valence-corrected chi connectivity index (χ3v) is 4.09. The smallest absolute Gasteiger partial charge is 0.255 e. The monoisotopic (exact) mass is 248 g/mol. The molecular weight excluding hydrogens is 231 g/mol. The summed E-state index contributed by atoms with van der Waals surface area (Å²) in [5.41, 5.74) is 0.370. The maximum absolute atomic E-state index is 13.1. The minimum absolute atomic E-state index is 0.0707. The summed E-state index contributed by atoms with van der Waals surface area (Å²) in [5.74, 6) is 0.766. The van der Waals surface area contributed by atoms with Crippen molar-refractivity contribution in [2.24, 2.45) is 11.8 Å². The van der Waals surface area contributed by atoms with E-state index in [-0.39, 0.29) is 5.91 Å². The molecule has 2 unspecified atom stereocenters. The first-order valence-corrected chi connectivity index (χ1v) is 6.62. The molecule has 1 saturated carbocycles. The Hall–Kier alpha value is -1.45. The highest BCUT2D eigenvalue weighted by Gasteiger charge is 2.33. The van der Waals surface area contributed by atoms with Crippen molar-refractivity contribution < 1.29 is 9.18 Å². The van der Waals surface area contributed by atoms with Crippen molar-refractivity contribution in [3.8, 4) is 0 Å². The first kappa shape index (κ1) is 11.6. The summed E-state index contributed by atoms with van der Waals surface area (Å²) in [4.78, 5) is 17.9. The minimum Gasteiger partial charge on any atom is -0.338 e. The topological polar surface area (TPSA) is 33.2 Å². The van der Waals surface area contributed by atoms with Gasteiger partial charge in [0.15, 0.2) is 0 Å². The highest BCUT2D eigenvalue weighted by molar-refractivity contribution is 5.94. The van der Waals surface area contributed by atoms with Gasteiger partial charge in [0.25, 0.3) is 5.91 Å². The summed E-state index contributed by atoms with van der Waals surface area (Å²) in [6.07, 6.45) is 7.57. The Morgan fingerprint density at radius 1 is 1.28 bits per heavy atom. The Bertz CT molecular complexity index is 451. The van der Waals surface area contributed by atoms with Crippen molar-refractivity contribution in [3.05, 3.63) is 29.8 Å². The normalized spacial score (nSPS) is 27.1. The van der Waals surface area contributed by atoms with Crippen LogP contribution >= 0.6 is 0 Å². The van der Waals surface area contributed by atoms with Gasteiger partial charge in [-0.05, 0) is 37.2 Å². The number of hydrogen-bond donors (Lipinski definition) is 0. The lowest BCUT2D eigenvalue weighted by atomic mass is 9.78. The number of nitrogens with zero attached hydrogens (tertiary/aromatic N) is 2. The molecule has 1 amide bonds. The van der Waals surface area contributed by atoms with Crippen molar-refractivity contribution in [3.63, 3.8) is 0 Å². The van der Waals surface area contributed by atoms with E-state index in [1.807, 2.05) is 4.90 Å². The molecule has 0 aromatic carbocycles. The molecule has 1 aromatic rings. The average Bonchev–Trinajstić information content (AvgIpc) is 2.37. The van der Waals surface area contributed by atoms with Crippen molar-refractivity contribution in [2.75, 3.05) is 13.1 Å². The third-order valence-electron chi connectivity index (χ3n) is 4.09. The minimum atomic E-state index is -0.446. The predicted octanol–water partition coefficient (Wildman–Crippen LogP) is 2.48. The van der Waals surface area contributed by atoms with Crippen LogP contribution in [-0.2, 0) is 0 Å². The van der Waals surface area contributed by atoms with Crippen molar-refractivity contribution >= 4 is 5.91 Å². The number of fused-ring (bicyclic) bond motifs is 2. The lowest BCUT2D eigenvalue weighted by molar-refractivity contribution is 0.0503. The first-order chi connectivity index (χ1) is 8.72. The van der Waals surface area contributed by atoms with Crippen molar-refractivity contribution in [1.29, 1.82) is 0 Å². The van der Waals surface area contributed by atoms with Gasteiger partial charge in [0.2, 0.25) is 0 Å². The summed E-state index contributed by atoms with van der Waals surface area (Å²) >= 11 is 0. The Balaban J connectivity index is 1.76. The molecule has 0 spiro atoms. The molecule has 2 aliphatic rings. The molecule has 1 aromatic heterocycles. The predicted molar refractivity (Wildman–Crippen MR) is 65.5 cm³/mol. The average molecular weight is 248 g/mol. The molecule has 1 saturated heterocycles. The standard InChI is InChI=1S/C14H17FN2O/c15-13-5-12(6-16-7-13)14(18)17-8-10-2-1-3-11(4-10)9-17/h5-7,10-11H,1-4,8-9H2. The zero-order valence-electron chi connectivity index (χ0n) is 10.3. The lowest BCUT2D eigenvalue weighted by Crippen LogP contribution is -2.45. The number of hydrogen-bond acceptors (Lipinski definition) is 2. The van der Waals surface area contributed by atoms with Gasteiger partial charge in [-0.25, -0.2) is 4.39 Å². The third kappa shape index (κ3) is 2.24. The van der Waals surface area contributed by atoms with Crippen LogP contribution in [0.1, 0.15) is 36.0 Å². The van der Waals surface area contributed by atoms with Crippen LogP contribution in [0.2, 0.25) is 0 Å². The molecule has 96 valence electrons. The van der Waals surface area contributed by atoms with Crippen LogP contribution in [0.5, 0.6) is 0 Å². The lowest BCUT2D eigenvalue weighted by Gasteiger charge is -2.41. The van der Waals surface area contributed by atoms with Gasteiger partial charge in [0.1, 0.15) is 5.82 Å². The number of amides is 1. The summed E-state index contributed by atoms with van der Waals surface area (Å²) in [6.45, 7) is 1.65. The fourth-order valence-electron chi connectivity index (χ4n) is 3.31. The summed E-state index contributed by atoms with van der Waals surface area (Å²) in [5, 5.41) is 0. The molecular formula is C14H17FN2O. The zero-order valence-corrected chi connectivity index (χ0v) is 10.3. The van der Waals surface area contributed by atoms with Crippen LogP contribution < -0.4 is 0 Å². The van der Waals surface area contributed by atoms with E-state index in [1.165, 1.54) is 37.9 Å². The van der Waals surface area contributed by atoms with Crippen molar-refractivity contribution in [1.82, 2.24) is 9.88 Å². The molecule has 1 aliphatic carbocycles. The number of pyridine rings is 1. The Morgan fingerprint density at radius 2 is 2.00 bits per heavy atom. The van der Waals surface area contributed by atoms with Gasteiger partial charge >= 0.3 is 0 Å². The van der Waals surface area contributed by atoms with Crippen LogP contribution in [-0.4, -0.2) is 28.9 Å². The SMILES string of the molecule is O=C(c1cncc(F)c1)N1CC2CCCC(C2)C1. The van der Waals surface area contributed by atoms with Gasteiger partial charge in [-0.15, -0.1) is 0 Å². The van der Waals surface area contributed by atoms with E-state index in [4.69, 9.17) is 0 Å². The van der Waals surface area contributed by atoms with E-state index >= 15 is 0 Å². The maximum Gasteiger partial charge on any atom is 0.255 e. The number of piperidine rings is 1. The Morgan fingerprint density at radius 3 is 2.67 bits per heavy atom. The molecule has 0 radical (unpaired) electrons. The Kier molecular flexibility index (Phi) is 3.02. The van der Waals surface area contributed by atoms with Gasteiger partial charge in [-0.3, -0.25) is 9.78 Å². The number of halogens is 1. The van der Waals surface area contributed by atoms with E-state index < -0.39 is 5.82 Å². The van der Waals surface area contributed by atoms with Gasteiger partial charge in [-0.2, -0.15) is 0 Å². The second-order valence-electron chi connectivity index (χ2n) is 5.50. The maximum atomic E-state index is 13.1. The van der Waals surface area contributed by atoms with Crippen LogP contribution in [0.4, 0.5) is 4.39 Å². The number of carbonyl (C=O) groups is 1. The molecule has 0 N–H and O–H groups in total. The van der Waals surface area contributed by atoms with Gasteiger partial charge in [0.05, 0.1) is 11.8 Å². The zero-order chi connectivity index (χ0) is 12.5. The van der Waals surface area contributed by atoms with Crippen LogP contribution in [0.3, 0.4) is 0 Å². The van der Waals surface area contributed by atoms with E-state index in [2.05, 4.69) is 4.98 Å². The van der Waals surface area contributed by atoms with Gasteiger partial charge in [0, 0.05) is 19.3 Å². The molecule has 4 heteroatoms. The molecule has 2 atom stereocenters. The molecule has 18 heavy (non-hydrogen) atoms. The van der Waals surface area contributed by atoms with Crippen molar-refractivity contribution in [2.45, 2.75) is 25.7 Å². The number of likely N-dealkylation sites (tertiary alicyclic amines) is 1. The molecule has 2 fully saturated rings. The summed E-state index contributed by atoms with van der Waals surface area (Å²) in [6, 6.07) is 1.28. The second kappa shape index (κ2) is 4.67. The van der Waals surface area contributed by atoms with E-state index in [0.29, 0.717) is 17.4 Å². The number of carbonyl (C=O) groups excluding carboxylic acids is 1. The molecule has 3 nitrogen and oxygen atoms in total.